The third kappa shape index (κ3) is 2.80. The van der Waals surface area contributed by atoms with Crippen molar-refractivity contribution in [1.29, 1.82) is 0 Å². The lowest BCUT2D eigenvalue weighted by atomic mass is 9.61. The van der Waals surface area contributed by atoms with Crippen molar-refractivity contribution in [2.24, 2.45) is 5.41 Å². The summed E-state index contributed by atoms with van der Waals surface area (Å²) in [4.78, 5) is 0. The lowest BCUT2D eigenvalue weighted by Crippen LogP contribution is -2.56. The van der Waals surface area contributed by atoms with Crippen molar-refractivity contribution in [1.82, 2.24) is 0 Å². The molecule has 2 fully saturated rings. The van der Waals surface area contributed by atoms with Crippen molar-refractivity contribution in [2.45, 2.75) is 69.5 Å². The van der Waals surface area contributed by atoms with E-state index in [0.29, 0.717) is 18.1 Å². The van der Waals surface area contributed by atoms with Crippen molar-refractivity contribution in [3.05, 3.63) is 0 Å². The first-order valence-electron chi connectivity index (χ1n) is 6.97. The van der Waals surface area contributed by atoms with Gasteiger partial charge >= 0.3 is 0 Å². The molecule has 3 atom stereocenters. The molecule has 3 unspecified atom stereocenters. The summed E-state index contributed by atoms with van der Waals surface area (Å²) in [7, 11) is 1.73. The Balaban J connectivity index is 1.93. The SMILES string of the molecule is COCC(C)OC1CC(Cl)C12CCCCCC2. The molecule has 3 heteroatoms. The van der Waals surface area contributed by atoms with Crippen LogP contribution < -0.4 is 0 Å². The predicted molar refractivity (Wildman–Crippen MR) is 70.6 cm³/mol. The molecule has 2 aliphatic rings. The molecule has 100 valence electrons. The molecule has 2 aliphatic carbocycles. The highest BCUT2D eigenvalue weighted by molar-refractivity contribution is 6.21. The van der Waals surface area contributed by atoms with Crippen molar-refractivity contribution in [2.75, 3.05) is 13.7 Å². The first kappa shape index (κ1) is 13.6. The number of alkyl halides is 1. The maximum Gasteiger partial charge on any atom is 0.0784 e. The van der Waals surface area contributed by atoms with E-state index in [0.717, 1.165) is 6.42 Å². The van der Waals surface area contributed by atoms with E-state index in [-0.39, 0.29) is 11.5 Å². The Hall–Kier alpha value is 0.210. The van der Waals surface area contributed by atoms with E-state index in [9.17, 15) is 0 Å². The maximum absolute atomic E-state index is 6.50. The second-order valence-corrected chi connectivity index (χ2v) is 6.27. The molecule has 0 aromatic heterocycles. The molecule has 0 aromatic carbocycles. The summed E-state index contributed by atoms with van der Waals surface area (Å²) in [6.07, 6.45) is 9.47. The molecule has 0 bridgehead atoms. The molecule has 2 nitrogen and oxygen atoms in total. The van der Waals surface area contributed by atoms with E-state index in [1.165, 1.54) is 38.5 Å². The largest absolute Gasteiger partial charge is 0.382 e. The Morgan fingerprint density at radius 1 is 1.24 bits per heavy atom. The normalized spacial score (nSPS) is 34.1. The van der Waals surface area contributed by atoms with E-state index in [1.807, 2.05) is 0 Å². The van der Waals surface area contributed by atoms with Crippen LogP contribution in [0, 0.1) is 5.41 Å². The van der Waals surface area contributed by atoms with Gasteiger partial charge in [-0.15, -0.1) is 11.6 Å². The number of hydrogen-bond acceptors (Lipinski definition) is 2. The standard InChI is InChI=1S/C14H25ClO2/c1-11(10-16-2)17-13-9-12(15)14(13)7-5-3-4-6-8-14/h11-13H,3-10H2,1-2H3. The van der Waals surface area contributed by atoms with E-state index in [4.69, 9.17) is 21.1 Å². The van der Waals surface area contributed by atoms with Crippen LogP contribution in [0.1, 0.15) is 51.9 Å². The van der Waals surface area contributed by atoms with Crippen LogP contribution in [-0.4, -0.2) is 31.3 Å². The lowest BCUT2D eigenvalue weighted by molar-refractivity contribution is -0.152. The van der Waals surface area contributed by atoms with Crippen molar-refractivity contribution in [3.8, 4) is 0 Å². The van der Waals surface area contributed by atoms with Crippen molar-refractivity contribution < 1.29 is 9.47 Å². The Labute approximate surface area is 110 Å². The number of hydrogen-bond donors (Lipinski definition) is 0. The number of methoxy groups -OCH3 is 1. The Kier molecular flexibility index (Phi) is 4.73. The first-order valence-corrected chi connectivity index (χ1v) is 7.41. The molecule has 0 radical (unpaired) electrons. The van der Waals surface area contributed by atoms with Gasteiger partial charge in [-0.05, 0) is 26.2 Å². The van der Waals surface area contributed by atoms with Crippen LogP contribution >= 0.6 is 11.6 Å². The molecule has 0 aliphatic heterocycles. The second-order valence-electron chi connectivity index (χ2n) is 5.74. The molecule has 2 rings (SSSR count). The smallest absolute Gasteiger partial charge is 0.0784 e. The molecule has 1 spiro atoms. The summed E-state index contributed by atoms with van der Waals surface area (Å²) < 4.78 is 11.3. The third-order valence-corrected chi connectivity index (χ3v) is 5.13. The van der Waals surface area contributed by atoms with E-state index in [1.54, 1.807) is 7.11 Å². The van der Waals surface area contributed by atoms with E-state index >= 15 is 0 Å². The summed E-state index contributed by atoms with van der Waals surface area (Å²) in [6.45, 7) is 2.77. The Morgan fingerprint density at radius 2 is 1.88 bits per heavy atom. The van der Waals surface area contributed by atoms with Crippen LogP contribution in [0.3, 0.4) is 0 Å². The number of ether oxygens (including phenoxy) is 2. The minimum absolute atomic E-state index is 0.189. The second kappa shape index (κ2) is 5.90. The highest BCUT2D eigenvalue weighted by Crippen LogP contribution is 2.55. The van der Waals surface area contributed by atoms with Gasteiger partial charge in [-0.2, -0.15) is 0 Å². The lowest BCUT2D eigenvalue weighted by Gasteiger charge is -2.54. The van der Waals surface area contributed by atoms with Crippen molar-refractivity contribution >= 4 is 11.6 Å². The van der Waals surface area contributed by atoms with Gasteiger partial charge in [0, 0.05) is 17.9 Å². The van der Waals surface area contributed by atoms with Crippen molar-refractivity contribution in [3.63, 3.8) is 0 Å². The average molecular weight is 261 g/mol. The minimum Gasteiger partial charge on any atom is -0.382 e. The molecule has 2 saturated carbocycles. The van der Waals surface area contributed by atoms with Gasteiger partial charge in [-0.1, -0.05) is 25.7 Å². The van der Waals surface area contributed by atoms with E-state index < -0.39 is 0 Å². The maximum atomic E-state index is 6.50. The van der Waals surface area contributed by atoms with Gasteiger partial charge in [0.1, 0.15) is 0 Å². The summed E-state index contributed by atoms with van der Waals surface area (Å²) in [5, 5.41) is 0.334. The third-order valence-electron chi connectivity index (χ3n) is 4.52. The fourth-order valence-electron chi connectivity index (χ4n) is 3.47. The molecule has 0 aromatic rings. The molecular weight excluding hydrogens is 236 g/mol. The van der Waals surface area contributed by atoms with Gasteiger partial charge in [-0.3, -0.25) is 0 Å². The Bertz CT molecular complexity index is 236. The van der Waals surface area contributed by atoms with Gasteiger partial charge in [0.15, 0.2) is 0 Å². The van der Waals surface area contributed by atoms with Gasteiger partial charge < -0.3 is 9.47 Å². The fourth-order valence-corrected chi connectivity index (χ4v) is 3.99. The molecule has 0 heterocycles. The van der Waals surface area contributed by atoms with Crippen LogP contribution in [0.5, 0.6) is 0 Å². The fraction of sp³-hybridized carbons (Fsp3) is 1.00. The van der Waals surface area contributed by atoms with Crippen LogP contribution in [0.2, 0.25) is 0 Å². The molecular formula is C14H25ClO2. The van der Waals surface area contributed by atoms with Gasteiger partial charge in [0.25, 0.3) is 0 Å². The summed E-state index contributed by atoms with van der Waals surface area (Å²) in [5.74, 6) is 0. The van der Waals surface area contributed by atoms with E-state index in [2.05, 4.69) is 6.92 Å². The highest BCUT2D eigenvalue weighted by atomic mass is 35.5. The van der Waals surface area contributed by atoms with Gasteiger partial charge in [-0.25, -0.2) is 0 Å². The topological polar surface area (TPSA) is 18.5 Å². The average Bonchev–Trinajstić information content (AvgIpc) is 2.56. The number of halogens is 1. The summed E-state index contributed by atoms with van der Waals surface area (Å²) in [6, 6.07) is 0. The zero-order valence-corrected chi connectivity index (χ0v) is 11.8. The zero-order valence-electron chi connectivity index (χ0n) is 11.1. The first-order chi connectivity index (χ1) is 8.19. The monoisotopic (exact) mass is 260 g/mol. The predicted octanol–water partition coefficient (Wildman–Crippen LogP) is 3.76. The van der Waals surface area contributed by atoms with Gasteiger partial charge in [0.2, 0.25) is 0 Å². The summed E-state index contributed by atoms with van der Waals surface area (Å²) in [5.41, 5.74) is 0.278. The van der Waals surface area contributed by atoms with Crippen LogP contribution in [-0.2, 0) is 9.47 Å². The highest BCUT2D eigenvalue weighted by Gasteiger charge is 2.54. The molecule has 0 N–H and O–H groups in total. The number of rotatable bonds is 4. The van der Waals surface area contributed by atoms with Crippen LogP contribution in [0.15, 0.2) is 0 Å². The molecule has 17 heavy (non-hydrogen) atoms. The summed E-state index contributed by atoms with van der Waals surface area (Å²) >= 11 is 6.50. The van der Waals surface area contributed by atoms with Crippen LogP contribution in [0.25, 0.3) is 0 Å². The van der Waals surface area contributed by atoms with Gasteiger partial charge in [0.05, 0.1) is 18.8 Å². The minimum atomic E-state index is 0.189. The molecule has 0 saturated heterocycles. The Morgan fingerprint density at radius 3 is 2.41 bits per heavy atom. The quantitative estimate of drug-likeness (QED) is 0.717. The van der Waals surface area contributed by atoms with Crippen LogP contribution in [0.4, 0.5) is 0 Å². The molecule has 0 amide bonds. The zero-order chi connectivity index (χ0) is 12.3.